The number of guanidine groups is 1. The van der Waals surface area contributed by atoms with Gasteiger partial charge in [-0.1, -0.05) is 44.2 Å². The molecule has 0 radical (unpaired) electrons. The van der Waals surface area contributed by atoms with Crippen LogP contribution in [0.1, 0.15) is 55.2 Å². The van der Waals surface area contributed by atoms with E-state index >= 15 is 0 Å². The maximum Gasteiger partial charge on any atom is 0.419 e. The van der Waals surface area contributed by atoms with Crippen molar-refractivity contribution in [3.8, 4) is 5.75 Å². The standard InChI is InChI=1S/C27H31F5N4O3/c1-39-23-13-18(8-10-21(23)29)15-34-25(38)22(12-16-5-3-2-4-6-16)35-26(33)36-24(37)14-17-7-9-20(28)19(11-17)27(30,31)32/h7-11,13,16,22H,2-6,12,14-15H2,1H3,(H,34,38)(H3,33,35,36,37). The fourth-order valence-corrected chi connectivity index (χ4v) is 4.57. The summed E-state index contributed by atoms with van der Waals surface area (Å²) in [4.78, 5) is 29.1. The average Bonchev–Trinajstić information content (AvgIpc) is 2.88. The van der Waals surface area contributed by atoms with E-state index in [-0.39, 0.29) is 29.7 Å². The normalized spacial score (nSPS) is 15.5. The lowest BCUT2D eigenvalue weighted by atomic mass is 9.84. The van der Waals surface area contributed by atoms with Gasteiger partial charge in [0, 0.05) is 6.54 Å². The van der Waals surface area contributed by atoms with Crippen molar-refractivity contribution in [1.29, 1.82) is 0 Å². The molecule has 0 aromatic heterocycles. The van der Waals surface area contributed by atoms with E-state index in [1.165, 1.54) is 25.3 Å². The Bertz CT molecular complexity index is 1200. The zero-order valence-electron chi connectivity index (χ0n) is 21.4. The van der Waals surface area contributed by atoms with Gasteiger partial charge in [-0.25, -0.2) is 8.78 Å². The van der Waals surface area contributed by atoms with Crippen molar-refractivity contribution in [3.05, 3.63) is 64.7 Å². The highest BCUT2D eigenvalue weighted by atomic mass is 19.4. The lowest BCUT2D eigenvalue weighted by Crippen LogP contribution is -2.50. The highest BCUT2D eigenvalue weighted by molar-refractivity contribution is 5.95. The van der Waals surface area contributed by atoms with Crippen LogP contribution >= 0.6 is 0 Å². The van der Waals surface area contributed by atoms with Crippen LogP contribution < -0.4 is 21.1 Å². The molecule has 0 spiro atoms. The zero-order chi connectivity index (χ0) is 28.6. The molecule has 12 heteroatoms. The monoisotopic (exact) mass is 554 g/mol. The van der Waals surface area contributed by atoms with E-state index in [2.05, 4.69) is 15.6 Å². The molecule has 0 saturated heterocycles. The summed E-state index contributed by atoms with van der Waals surface area (Å²) in [7, 11) is 1.33. The predicted molar refractivity (Wildman–Crippen MR) is 135 cm³/mol. The molecule has 39 heavy (non-hydrogen) atoms. The molecule has 0 bridgehead atoms. The fourth-order valence-electron chi connectivity index (χ4n) is 4.57. The van der Waals surface area contributed by atoms with Gasteiger partial charge in [0.05, 0.1) is 19.1 Å². The lowest BCUT2D eigenvalue weighted by Gasteiger charge is -2.27. The molecule has 3 rings (SSSR count). The maximum absolute atomic E-state index is 13.7. The van der Waals surface area contributed by atoms with Crippen LogP contribution in [0.25, 0.3) is 0 Å². The molecular weight excluding hydrogens is 523 g/mol. The third kappa shape index (κ3) is 8.93. The Morgan fingerprint density at radius 2 is 1.72 bits per heavy atom. The van der Waals surface area contributed by atoms with Gasteiger partial charge in [0.2, 0.25) is 5.91 Å². The maximum atomic E-state index is 13.7. The molecule has 1 unspecified atom stereocenters. The third-order valence-corrected chi connectivity index (χ3v) is 6.55. The molecule has 2 amide bonds. The van der Waals surface area contributed by atoms with Crippen LogP contribution in [0.4, 0.5) is 22.0 Å². The van der Waals surface area contributed by atoms with E-state index in [0.717, 1.165) is 38.2 Å². The van der Waals surface area contributed by atoms with Gasteiger partial charge < -0.3 is 21.1 Å². The van der Waals surface area contributed by atoms with E-state index in [9.17, 15) is 31.5 Å². The number of hydrogen-bond donors (Lipinski definition) is 3. The average molecular weight is 555 g/mol. The number of nitrogens with one attached hydrogen (secondary N) is 2. The first-order valence-corrected chi connectivity index (χ1v) is 12.6. The van der Waals surface area contributed by atoms with Crippen molar-refractivity contribution in [2.75, 3.05) is 7.11 Å². The number of methoxy groups -OCH3 is 1. The first-order valence-electron chi connectivity index (χ1n) is 12.6. The smallest absolute Gasteiger partial charge is 0.419 e. The number of carbonyl (C=O) groups is 2. The van der Waals surface area contributed by atoms with Crippen molar-refractivity contribution in [3.63, 3.8) is 0 Å². The molecule has 2 aromatic rings. The lowest BCUT2D eigenvalue weighted by molar-refractivity contribution is -0.140. The van der Waals surface area contributed by atoms with Crippen molar-refractivity contribution < 1.29 is 36.3 Å². The molecule has 0 aliphatic heterocycles. The zero-order valence-corrected chi connectivity index (χ0v) is 21.4. The van der Waals surface area contributed by atoms with Crippen LogP contribution in [-0.2, 0) is 28.7 Å². The number of nitrogens with zero attached hydrogens (tertiary/aromatic N) is 1. The van der Waals surface area contributed by atoms with Gasteiger partial charge in [0.1, 0.15) is 11.9 Å². The number of amides is 2. The van der Waals surface area contributed by atoms with Crippen LogP contribution in [0.15, 0.2) is 41.4 Å². The number of ether oxygens (including phenoxy) is 1. The van der Waals surface area contributed by atoms with E-state index in [4.69, 9.17) is 10.5 Å². The van der Waals surface area contributed by atoms with E-state index in [1.807, 2.05) is 0 Å². The van der Waals surface area contributed by atoms with Crippen molar-refractivity contribution in [1.82, 2.24) is 10.6 Å². The van der Waals surface area contributed by atoms with Gasteiger partial charge in [0.25, 0.3) is 5.91 Å². The van der Waals surface area contributed by atoms with E-state index in [0.29, 0.717) is 24.1 Å². The Labute approximate surface area is 223 Å². The second-order valence-electron chi connectivity index (χ2n) is 9.50. The summed E-state index contributed by atoms with van der Waals surface area (Å²) in [6.45, 7) is 0.0837. The first-order chi connectivity index (χ1) is 18.5. The highest BCUT2D eigenvalue weighted by Crippen LogP contribution is 2.32. The predicted octanol–water partition coefficient (Wildman–Crippen LogP) is 4.62. The number of alkyl halides is 3. The molecule has 1 saturated carbocycles. The second kappa shape index (κ2) is 13.4. The quantitative estimate of drug-likeness (QED) is 0.238. The molecule has 1 aliphatic carbocycles. The number of rotatable bonds is 9. The second-order valence-corrected chi connectivity index (χ2v) is 9.50. The number of carbonyl (C=O) groups excluding carboxylic acids is 2. The van der Waals surface area contributed by atoms with Gasteiger partial charge in [-0.05, 0) is 47.7 Å². The van der Waals surface area contributed by atoms with Crippen LogP contribution in [0.3, 0.4) is 0 Å². The van der Waals surface area contributed by atoms with Crippen LogP contribution in [0.5, 0.6) is 5.75 Å². The van der Waals surface area contributed by atoms with E-state index < -0.39 is 47.7 Å². The topological polar surface area (TPSA) is 106 Å². The molecule has 1 aliphatic rings. The largest absolute Gasteiger partial charge is 0.494 e. The molecule has 4 N–H and O–H groups in total. The summed E-state index contributed by atoms with van der Waals surface area (Å²) >= 11 is 0. The molecule has 2 aromatic carbocycles. The first kappa shape index (κ1) is 29.9. The summed E-state index contributed by atoms with van der Waals surface area (Å²) in [5, 5.41) is 5.53. The van der Waals surface area contributed by atoms with Crippen molar-refractivity contribution in [2.24, 2.45) is 16.6 Å². The Hall–Kier alpha value is -3.70. The Morgan fingerprint density at radius 3 is 2.38 bits per heavy atom. The van der Waals surface area contributed by atoms with Crippen LogP contribution in [0, 0.1) is 17.6 Å². The fraction of sp³-hybridized carbons (Fsp3) is 0.444. The minimum Gasteiger partial charge on any atom is -0.494 e. The summed E-state index contributed by atoms with van der Waals surface area (Å²) in [6, 6.07) is 5.62. The van der Waals surface area contributed by atoms with Gasteiger partial charge in [-0.2, -0.15) is 18.2 Å². The van der Waals surface area contributed by atoms with Gasteiger partial charge in [-0.15, -0.1) is 0 Å². The Kier molecular flexibility index (Phi) is 10.2. The van der Waals surface area contributed by atoms with Gasteiger partial charge in [-0.3, -0.25) is 9.59 Å². The van der Waals surface area contributed by atoms with Crippen LogP contribution in [-0.4, -0.2) is 30.9 Å². The summed E-state index contributed by atoms with van der Waals surface area (Å²) in [6.07, 6.45) is 0.0252. The minimum atomic E-state index is -4.91. The third-order valence-electron chi connectivity index (χ3n) is 6.55. The summed E-state index contributed by atoms with van der Waals surface area (Å²) < 4.78 is 71.1. The minimum absolute atomic E-state index is 0.0389. The number of halogens is 5. The molecule has 1 fully saturated rings. The number of nitrogens with two attached hydrogens (primary N) is 1. The SMILES string of the molecule is COc1cc(CNC(=O)C(CC2CCCCC2)NC(N)=NC(=O)Cc2ccc(F)c(C(F)(F)F)c2)ccc1F. The Balaban J connectivity index is 1.68. The number of benzene rings is 2. The van der Waals surface area contributed by atoms with Crippen LogP contribution in [0.2, 0.25) is 0 Å². The summed E-state index contributed by atoms with van der Waals surface area (Å²) in [5.41, 5.74) is 4.93. The van der Waals surface area contributed by atoms with Gasteiger partial charge in [0.15, 0.2) is 17.5 Å². The van der Waals surface area contributed by atoms with Crippen molar-refractivity contribution in [2.45, 2.75) is 63.7 Å². The molecular formula is C27H31F5N4O3. The van der Waals surface area contributed by atoms with Crippen molar-refractivity contribution >= 4 is 17.8 Å². The highest BCUT2D eigenvalue weighted by Gasteiger charge is 2.34. The number of hydrogen-bond acceptors (Lipinski definition) is 3. The Morgan fingerprint density at radius 1 is 1.05 bits per heavy atom. The molecule has 0 heterocycles. The molecule has 212 valence electrons. The van der Waals surface area contributed by atoms with Gasteiger partial charge >= 0.3 is 6.18 Å². The molecule has 7 nitrogen and oxygen atoms in total. The molecule has 1 atom stereocenters. The number of aliphatic imine (C=N–C) groups is 1. The summed E-state index contributed by atoms with van der Waals surface area (Å²) in [5.74, 6) is -3.34. The van der Waals surface area contributed by atoms with E-state index in [1.54, 1.807) is 0 Å².